The van der Waals surface area contributed by atoms with Crippen molar-refractivity contribution in [3.05, 3.63) is 141 Å². The predicted octanol–water partition coefficient (Wildman–Crippen LogP) is 5.69. The third-order valence-corrected chi connectivity index (χ3v) is 6.67. The fourth-order valence-electron chi connectivity index (χ4n) is 4.17. The van der Waals surface area contributed by atoms with Gasteiger partial charge in [0.15, 0.2) is 22.8 Å². The van der Waals surface area contributed by atoms with Crippen molar-refractivity contribution in [2.75, 3.05) is 0 Å². The second-order valence-electron chi connectivity index (χ2n) is 9.96. The molecule has 0 aliphatic heterocycles. The zero-order chi connectivity index (χ0) is 35.2. The second-order valence-corrected chi connectivity index (χ2v) is 9.96. The third-order valence-electron chi connectivity index (χ3n) is 6.67. The van der Waals surface area contributed by atoms with Crippen LogP contribution in [0.5, 0.6) is 23.0 Å². The number of aliphatic imine (C=N–C) groups is 4. The van der Waals surface area contributed by atoms with Gasteiger partial charge in [0.05, 0.1) is 0 Å². The molecule has 4 aromatic carbocycles. The average molecular weight is 645 g/mol. The number of hydrogen-bond donors (Lipinski definition) is 4. The Hall–Kier alpha value is -7.80. The van der Waals surface area contributed by atoms with Gasteiger partial charge in [0.2, 0.25) is 0 Å². The molecular formula is C37H24N8O4. The Morgan fingerprint density at radius 1 is 0.449 bits per heavy atom. The number of rotatable bonds is 10. The minimum atomic E-state index is -0.310. The van der Waals surface area contributed by atoms with E-state index >= 15 is 0 Å². The van der Waals surface area contributed by atoms with Crippen LogP contribution in [0.4, 0.5) is 0 Å². The Bertz CT molecular complexity index is 2100. The molecule has 0 radical (unpaired) electrons. The van der Waals surface area contributed by atoms with Crippen molar-refractivity contribution in [3.8, 4) is 47.3 Å². The molecule has 236 valence electrons. The largest absolute Gasteiger partial charge is 0.507 e. The molecule has 4 aromatic rings. The van der Waals surface area contributed by atoms with Crippen molar-refractivity contribution < 1.29 is 20.4 Å². The first kappa shape index (κ1) is 34.1. The first-order chi connectivity index (χ1) is 23.8. The molecule has 0 aliphatic carbocycles. The highest BCUT2D eigenvalue weighted by Crippen LogP contribution is 2.23. The lowest BCUT2D eigenvalue weighted by Gasteiger charge is -2.07. The molecule has 0 spiro atoms. The van der Waals surface area contributed by atoms with E-state index in [4.69, 9.17) is 0 Å². The van der Waals surface area contributed by atoms with Crippen LogP contribution in [0.25, 0.3) is 0 Å². The fourth-order valence-corrected chi connectivity index (χ4v) is 4.17. The number of allylic oxidation sites excluding steroid dienone is 4. The first-order valence-electron chi connectivity index (χ1n) is 14.2. The predicted molar refractivity (Wildman–Crippen MR) is 182 cm³/mol. The highest BCUT2D eigenvalue weighted by molar-refractivity contribution is 5.87. The van der Waals surface area contributed by atoms with Crippen molar-refractivity contribution in [1.29, 1.82) is 21.0 Å². The van der Waals surface area contributed by atoms with Gasteiger partial charge >= 0.3 is 0 Å². The number of para-hydroxylation sites is 2. The van der Waals surface area contributed by atoms with Gasteiger partial charge in [-0.3, -0.25) is 0 Å². The molecule has 0 aromatic heterocycles. The summed E-state index contributed by atoms with van der Waals surface area (Å²) in [5, 5.41) is 79.0. The standard InChI is InChI=1S/C37H24N8O4/c38-16-30(42-20-26-5-1-3-7-34(26)46)32(18-40)44-22-28-14-24(9-11-36(28)48)13-25-10-12-37(49)29(15-25)23-45-33(19-41)31(17-39)43-21-27-6-2-4-8-35(27)47/h1-12,14-15,20-23,46-49H,13H2/b32-30-,33-31-,42-20?,43-21?,44-22?,45-23?. The summed E-state index contributed by atoms with van der Waals surface area (Å²) in [7, 11) is 0. The van der Waals surface area contributed by atoms with Crippen molar-refractivity contribution in [2.24, 2.45) is 20.0 Å². The number of nitriles is 4. The maximum absolute atomic E-state index is 10.4. The molecule has 12 heteroatoms. The summed E-state index contributed by atoms with van der Waals surface area (Å²) in [6, 6.07) is 29.4. The topological polar surface area (TPSA) is 226 Å². The number of hydrogen-bond acceptors (Lipinski definition) is 12. The van der Waals surface area contributed by atoms with Gasteiger partial charge in [-0.15, -0.1) is 0 Å². The van der Waals surface area contributed by atoms with Gasteiger partial charge in [0.25, 0.3) is 0 Å². The van der Waals surface area contributed by atoms with Crippen molar-refractivity contribution in [1.82, 2.24) is 0 Å². The molecule has 49 heavy (non-hydrogen) atoms. The molecule has 0 amide bonds. The Morgan fingerprint density at radius 2 is 0.755 bits per heavy atom. The summed E-state index contributed by atoms with van der Waals surface area (Å²) in [5.41, 5.74) is 1.42. The van der Waals surface area contributed by atoms with E-state index in [-0.39, 0.29) is 56.9 Å². The van der Waals surface area contributed by atoms with Crippen LogP contribution in [0.1, 0.15) is 33.4 Å². The molecule has 0 bridgehead atoms. The summed E-state index contributed by atoms with van der Waals surface area (Å²) in [6.45, 7) is 0. The van der Waals surface area contributed by atoms with Crippen molar-refractivity contribution in [3.63, 3.8) is 0 Å². The zero-order valence-electron chi connectivity index (χ0n) is 25.5. The summed E-state index contributed by atoms with van der Waals surface area (Å²) >= 11 is 0. The van der Waals surface area contributed by atoms with E-state index in [1.54, 1.807) is 60.7 Å². The van der Waals surface area contributed by atoms with Gasteiger partial charge in [0.1, 0.15) is 47.3 Å². The molecule has 0 aliphatic rings. The molecule has 4 N–H and O–H groups in total. The molecule has 0 saturated heterocycles. The maximum Gasteiger partial charge on any atom is 0.176 e. The Kier molecular flexibility index (Phi) is 11.5. The van der Waals surface area contributed by atoms with Crippen LogP contribution in [-0.2, 0) is 6.42 Å². The van der Waals surface area contributed by atoms with Crippen molar-refractivity contribution in [2.45, 2.75) is 6.42 Å². The highest BCUT2D eigenvalue weighted by Gasteiger charge is 2.09. The lowest BCUT2D eigenvalue weighted by atomic mass is 10.0. The molecular weight excluding hydrogens is 620 g/mol. The second kappa shape index (κ2) is 16.5. The van der Waals surface area contributed by atoms with Gasteiger partial charge in [0, 0.05) is 47.1 Å². The van der Waals surface area contributed by atoms with Gasteiger partial charge < -0.3 is 20.4 Å². The lowest BCUT2D eigenvalue weighted by molar-refractivity contribution is 0.473. The molecule has 0 unspecified atom stereocenters. The lowest BCUT2D eigenvalue weighted by Crippen LogP contribution is -1.94. The summed E-state index contributed by atoms with van der Waals surface area (Å²) < 4.78 is 0. The van der Waals surface area contributed by atoms with Gasteiger partial charge in [-0.2, -0.15) is 21.0 Å². The van der Waals surface area contributed by atoms with Crippen LogP contribution >= 0.6 is 0 Å². The summed E-state index contributed by atoms with van der Waals surface area (Å²) in [5.74, 6) is -0.365. The third kappa shape index (κ3) is 9.12. The van der Waals surface area contributed by atoms with Crippen LogP contribution in [0, 0.1) is 45.3 Å². The van der Waals surface area contributed by atoms with Crippen LogP contribution in [0.3, 0.4) is 0 Å². The van der Waals surface area contributed by atoms with E-state index in [1.165, 1.54) is 49.1 Å². The van der Waals surface area contributed by atoms with Crippen LogP contribution < -0.4 is 0 Å². The van der Waals surface area contributed by atoms with E-state index in [2.05, 4.69) is 20.0 Å². The molecule has 0 fully saturated rings. The number of nitrogens with zero attached hydrogens (tertiary/aromatic N) is 8. The van der Waals surface area contributed by atoms with Gasteiger partial charge in [-0.25, -0.2) is 20.0 Å². The SMILES string of the molecule is N#C/C(N=Cc1ccccc1O)=C(\C#N)N=Cc1cc(Cc2ccc(O)c(C=N/C(C#N)=C(/C#N)N=Cc3ccccc3O)c2)ccc1O. The van der Waals surface area contributed by atoms with Gasteiger partial charge in [-0.1, -0.05) is 36.4 Å². The summed E-state index contributed by atoms with van der Waals surface area (Å²) in [4.78, 5) is 16.1. The molecule has 0 heterocycles. The molecule has 12 nitrogen and oxygen atoms in total. The number of benzene rings is 4. The van der Waals surface area contributed by atoms with E-state index < -0.39 is 0 Å². The zero-order valence-corrected chi connectivity index (χ0v) is 25.5. The van der Waals surface area contributed by atoms with Crippen LogP contribution in [0.15, 0.2) is 128 Å². The highest BCUT2D eigenvalue weighted by atomic mass is 16.3. The Morgan fingerprint density at radius 3 is 1.08 bits per heavy atom. The van der Waals surface area contributed by atoms with E-state index in [1.807, 2.05) is 24.3 Å². The van der Waals surface area contributed by atoms with Gasteiger partial charge in [-0.05, 0) is 66.1 Å². The monoisotopic (exact) mass is 644 g/mol. The Balaban J connectivity index is 1.56. The quantitative estimate of drug-likeness (QED) is 0.123. The number of aromatic hydroxyl groups is 4. The van der Waals surface area contributed by atoms with E-state index in [9.17, 15) is 41.5 Å². The smallest absolute Gasteiger partial charge is 0.176 e. The molecule has 0 saturated carbocycles. The Labute approximate surface area is 280 Å². The fraction of sp³-hybridized carbons (Fsp3) is 0.0270. The summed E-state index contributed by atoms with van der Waals surface area (Å²) in [6.07, 6.45) is 5.25. The maximum atomic E-state index is 10.4. The van der Waals surface area contributed by atoms with Crippen molar-refractivity contribution >= 4 is 24.9 Å². The van der Waals surface area contributed by atoms with Crippen LogP contribution in [0.2, 0.25) is 0 Å². The molecule has 4 rings (SSSR count). The molecule has 0 atom stereocenters. The first-order valence-corrected chi connectivity index (χ1v) is 14.2. The van der Waals surface area contributed by atoms with Crippen LogP contribution in [-0.4, -0.2) is 45.3 Å². The minimum Gasteiger partial charge on any atom is -0.507 e. The number of phenolic OH excluding ortho intramolecular Hbond substituents is 4. The number of phenols is 4. The minimum absolute atomic E-state index is 0.0518. The normalized spacial score (nSPS) is 12.3. The average Bonchev–Trinajstić information content (AvgIpc) is 3.11. The van der Waals surface area contributed by atoms with E-state index in [0.29, 0.717) is 17.5 Å². The van der Waals surface area contributed by atoms with E-state index in [0.717, 1.165) is 11.1 Å².